The van der Waals surface area contributed by atoms with E-state index in [1.165, 1.54) is 6.92 Å². The molecule has 0 heterocycles. The van der Waals surface area contributed by atoms with Gasteiger partial charge in [-0.2, -0.15) is 0 Å². The highest BCUT2D eigenvalue weighted by atomic mass is 19.2. The Kier molecular flexibility index (Phi) is 6.07. The summed E-state index contributed by atoms with van der Waals surface area (Å²) in [5, 5.41) is 3.26. The maximum absolute atomic E-state index is 14.3. The van der Waals surface area contributed by atoms with Crippen molar-refractivity contribution in [2.75, 3.05) is 19.7 Å². The molecule has 1 atom stereocenters. The average Bonchev–Trinajstić information content (AvgIpc) is 2.55. The van der Waals surface area contributed by atoms with Crippen LogP contribution in [0.2, 0.25) is 0 Å². The normalized spacial score (nSPS) is 14.0. The van der Waals surface area contributed by atoms with Crippen molar-refractivity contribution in [3.05, 3.63) is 71.8 Å². The molecular formula is C18H23FN2O. The topological polar surface area (TPSA) is 47.3 Å². The van der Waals surface area contributed by atoms with Crippen molar-refractivity contribution in [3.8, 4) is 0 Å². The van der Waals surface area contributed by atoms with E-state index in [1.54, 1.807) is 0 Å². The largest absolute Gasteiger partial charge is 0.344 e. The zero-order chi connectivity index (χ0) is 15.8. The summed E-state index contributed by atoms with van der Waals surface area (Å²) in [7, 11) is 0. The average molecular weight is 302 g/mol. The van der Waals surface area contributed by atoms with E-state index >= 15 is 0 Å². The molecule has 4 heteroatoms. The molecule has 0 saturated carbocycles. The van der Waals surface area contributed by atoms with Crippen LogP contribution in [0.5, 0.6) is 0 Å². The van der Waals surface area contributed by atoms with E-state index in [1.807, 2.05) is 60.7 Å². The van der Waals surface area contributed by atoms with Crippen molar-refractivity contribution < 1.29 is 9.13 Å². The molecule has 2 aromatic rings. The molecular weight excluding hydrogens is 279 g/mol. The number of nitrogens with two attached hydrogens (primary N) is 1. The second-order valence-electron chi connectivity index (χ2n) is 5.37. The van der Waals surface area contributed by atoms with Crippen molar-refractivity contribution in [3.63, 3.8) is 0 Å². The van der Waals surface area contributed by atoms with E-state index < -0.39 is 5.85 Å². The Balaban J connectivity index is 2.13. The Morgan fingerprint density at radius 3 is 2.00 bits per heavy atom. The molecule has 118 valence electrons. The first kappa shape index (κ1) is 16.6. The molecule has 1 unspecified atom stereocenters. The fourth-order valence-electron chi connectivity index (χ4n) is 2.33. The molecule has 0 spiro atoms. The summed E-state index contributed by atoms with van der Waals surface area (Å²) in [4.78, 5) is 0. The molecule has 22 heavy (non-hydrogen) atoms. The second-order valence-corrected chi connectivity index (χ2v) is 5.37. The summed E-state index contributed by atoms with van der Waals surface area (Å²) >= 11 is 0. The van der Waals surface area contributed by atoms with Gasteiger partial charge in [-0.3, -0.25) is 0 Å². The molecule has 0 aromatic heterocycles. The molecule has 2 rings (SSSR count). The maximum Gasteiger partial charge on any atom is 0.218 e. The van der Waals surface area contributed by atoms with Crippen LogP contribution >= 0.6 is 0 Å². The monoisotopic (exact) mass is 302 g/mol. The van der Waals surface area contributed by atoms with Crippen LogP contribution in [-0.2, 0) is 4.74 Å². The van der Waals surface area contributed by atoms with Crippen molar-refractivity contribution in [2.45, 2.75) is 18.8 Å². The highest BCUT2D eigenvalue weighted by Crippen LogP contribution is 2.23. The molecule has 0 aliphatic carbocycles. The van der Waals surface area contributed by atoms with Gasteiger partial charge in [0.15, 0.2) is 0 Å². The lowest BCUT2D eigenvalue weighted by Crippen LogP contribution is -2.39. The summed E-state index contributed by atoms with van der Waals surface area (Å²) in [6, 6.07) is 19.9. The first-order valence-electron chi connectivity index (χ1n) is 7.48. The van der Waals surface area contributed by atoms with Gasteiger partial charge in [0.25, 0.3) is 0 Å². The number of hydrogen-bond donors (Lipinski definition) is 2. The van der Waals surface area contributed by atoms with E-state index in [-0.39, 0.29) is 19.2 Å². The standard InChI is InChI=1S/C18H23FN2O/c1-18(19,22-13-12-20)14-21-17(15-8-4-2-5-9-15)16-10-6-3-7-11-16/h2-11,17,21H,12-14,20H2,1H3. The van der Waals surface area contributed by atoms with E-state index in [2.05, 4.69) is 5.32 Å². The van der Waals surface area contributed by atoms with Gasteiger partial charge in [0.1, 0.15) is 0 Å². The SMILES string of the molecule is CC(F)(CNC(c1ccccc1)c1ccccc1)OCCN. The van der Waals surface area contributed by atoms with Crippen molar-refractivity contribution in [1.29, 1.82) is 0 Å². The zero-order valence-corrected chi connectivity index (χ0v) is 12.8. The second kappa shape index (κ2) is 8.03. The predicted octanol–water partition coefficient (Wildman–Crippen LogP) is 3.03. The Hall–Kier alpha value is -1.75. The van der Waals surface area contributed by atoms with Gasteiger partial charge in [0.2, 0.25) is 5.85 Å². The number of hydrogen-bond acceptors (Lipinski definition) is 3. The highest BCUT2D eigenvalue weighted by molar-refractivity contribution is 5.31. The fourth-order valence-corrected chi connectivity index (χ4v) is 2.33. The Labute approximate surface area is 131 Å². The quantitative estimate of drug-likeness (QED) is 0.788. The number of halogens is 1. The lowest BCUT2D eigenvalue weighted by atomic mass is 9.98. The summed E-state index contributed by atoms with van der Waals surface area (Å²) in [5.41, 5.74) is 7.53. The lowest BCUT2D eigenvalue weighted by molar-refractivity contribution is -0.125. The maximum atomic E-state index is 14.3. The van der Waals surface area contributed by atoms with E-state index in [0.717, 1.165) is 11.1 Å². The van der Waals surface area contributed by atoms with Crippen LogP contribution in [0.15, 0.2) is 60.7 Å². The summed E-state index contributed by atoms with van der Waals surface area (Å²) < 4.78 is 19.5. The molecule has 0 radical (unpaired) electrons. The van der Waals surface area contributed by atoms with Crippen molar-refractivity contribution in [2.24, 2.45) is 5.73 Å². The van der Waals surface area contributed by atoms with Gasteiger partial charge >= 0.3 is 0 Å². The summed E-state index contributed by atoms with van der Waals surface area (Å²) in [6.07, 6.45) is 0. The highest BCUT2D eigenvalue weighted by Gasteiger charge is 2.25. The van der Waals surface area contributed by atoms with Crippen molar-refractivity contribution >= 4 is 0 Å². The number of benzene rings is 2. The summed E-state index contributed by atoms with van der Waals surface area (Å²) in [6.45, 7) is 2.01. The predicted molar refractivity (Wildman–Crippen MR) is 87.2 cm³/mol. The molecule has 0 amide bonds. The first-order valence-corrected chi connectivity index (χ1v) is 7.48. The molecule has 3 N–H and O–H groups in total. The van der Waals surface area contributed by atoms with Crippen LogP contribution in [0.3, 0.4) is 0 Å². The molecule has 0 bridgehead atoms. The van der Waals surface area contributed by atoms with Gasteiger partial charge in [0.05, 0.1) is 19.2 Å². The van der Waals surface area contributed by atoms with Gasteiger partial charge in [-0.15, -0.1) is 0 Å². The minimum absolute atomic E-state index is 0.0843. The van der Waals surface area contributed by atoms with Gasteiger partial charge in [-0.1, -0.05) is 60.7 Å². The Morgan fingerprint density at radius 1 is 1.05 bits per heavy atom. The number of nitrogens with one attached hydrogen (secondary N) is 1. The van der Waals surface area contributed by atoms with E-state index in [9.17, 15) is 4.39 Å². The fraction of sp³-hybridized carbons (Fsp3) is 0.333. The smallest absolute Gasteiger partial charge is 0.218 e. The van der Waals surface area contributed by atoms with E-state index in [0.29, 0.717) is 6.54 Å². The van der Waals surface area contributed by atoms with Crippen LogP contribution < -0.4 is 11.1 Å². The Morgan fingerprint density at radius 2 is 1.55 bits per heavy atom. The summed E-state index contributed by atoms with van der Waals surface area (Å²) in [5.74, 6) is -1.75. The van der Waals surface area contributed by atoms with E-state index in [4.69, 9.17) is 10.5 Å². The minimum atomic E-state index is -1.75. The van der Waals surface area contributed by atoms with Crippen LogP contribution in [0.1, 0.15) is 24.1 Å². The molecule has 0 saturated heterocycles. The molecule has 3 nitrogen and oxygen atoms in total. The van der Waals surface area contributed by atoms with Gasteiger partial charge in [-0.05, 0) is 18.1 Å². The lowest BCUT2D eigenvalue weighted by Gasteiger charge is -2.26. The van der Waals surface area contributed by atoms with Gasteiger partial charge in [0, 0.05) is 6.54 Å². The number of alkyl halides is 1. The van der Waals surface area contributed by atoms with Crippen molar-refractivity contribution in [1.82, 2.24) is 5.32 Å². The zero-order valence-electron chi connectivity index (χ0n) is 12.8. The molecule has 0 aliphatic heterocycles. The molecule has 0 aliphatic rings. The third kappa shape index (κ3) is 4.91. The molecule has 2 aromatic carbocycles. The van der Waals surface area contributed by atoms with Crippen LogP contribution in [-0.4, -0.2) is 25.6 Å². The third-order valence-electron chi connectivity index (χ3n) is 3.41. The number of ether oxygens (including phenoxy) is 1. The minimum Gasteiger partial charge on any atom is -0.344 e. The van der Waals surface area contributed by atoms with Gasteiger partial charge in [-0.25, -0.2) is 4.39 Å². The van der Waals surface area contributed by atoms with Gasteiger partial charge < -0.3 is 15.8 Å². The van der Waals surface area contributed by atoms with Crippen LogP contribution in [0, 0.1) is 0 Å². The van der Waals surface area contributed by atoms with Crippen LogP contribution in [0.4, 0.5) is 4.39 Å². The first-order chi connectivity index (χ1) is 10.6. The van der Waals surface area contributed by atoms with Crippen LogP contribution in [0.25, 0.3) is 0 Å². The molecule has 0 fully saturated rings. The third-order valence-corrected chi connectivity index (χ3v) is 3.41. The number of rotatable bonds is 8. The Bertz CT molecular complexity index is 506.